The van der Waals surface area contributed by atoms with E-state index in [0.717, 1.165) is 36.3 Å². The highest BCUT2D eigenvalue weighted by Gasteiger charge is 2.22. The number of carbonyl (C=O) groups is 1. The molecule has 0 bridgehead atoms. The molecular weight excluding hydrogens is 396 g/mol. The predicted molar refractivity (Wildman–Crippen MR) is 132 cm³/mol. The van der Waals surface area contributed by atoms with E-state index in [2.05, 4.69) is 72.6 Å². The minimum Gasteiger partial charge on any atom is -0.481 e. The topological polar surface area (TPSA) is 52.6 Å². The van der Waals surface area contributed by atoms with Gasteiger partial charge >= 0.3 is 5.97 Å². The SMILES string of the molecule is Cc1cccc(N2CCCc3ccc(CNc4ccc(CCC(=O)O)c(C)c4)c(C)c32)c1. The van der Waals surface area contributed by atoms with Gasteiger partial charge in [-0.05, 0) is 97.7 Å². The summed E-state index contributed by atoms with van der Waals surface area (Å²) in [7, 11) is 0. The van der Waals surface area contributed by atoms with Gasteiger partial charge in [-0.2, -0.15) is 0 Å². The van der Waals surface area contributed by atoms with Crippen LogP contribution in [0.2, 0.25) is 0 Å². The predicted octanol–water partition coefficient (Wildman–Crippen LogP) is 6.33. The molecule has 3 aromatic rings. The van der Waals surface area contributed by atoms with E-state index < -0.39 is 5.97 Å². The lowest BCUT2D eigenvalue weighted by Crippen LogP contribution is -2.26. The lowest BCUT2D eigenvalue weighted by Gasteiger charge is -2.34. The lowest BCUT2D eigenvalue weighted by molar-refractivity contribution is -0.136. The summed E-state index contributed by atoms with van der Waals surface area (Å²) in [6, 6.07) is 19.5. The number of carboxylic acid groups (broad SMARTS) is 1. The Bertz CT molecular complexity index is 1140. The molecule has 0 spiro atoms. The van der Waals surface area contributed by atoms with Crippen LogP contribution in [-0.4, -0.2) is 17.6 Å². The molecule has 0 aliphatic carbocycles. The summed E-state index contributed by atoms with van der Waals surface area (Å²) in [5.41, 5.74) is 11.3. The Morgan fingerprint density at radius 2 is 1.84 bits per heavy atom. The van der Waals surface area contributed by atoms with E-state index >= 15 is 0 Å². The van der Waals surface area contributed by atoms with Crippen LogP contribution in [0.15, 0.2) is 54.6 Å². The van der Waals surface area contributed by atoms with Gasteiger partial charge in [-0.1, -0.05) is 30.3 Å². The summed E-state index contributed by atoms with van der Waals surface area (Å²) < 4.78 is 0. The van der Waals surface area contributed by atoms with Crippen molar-refractivity contribution in [3.8, 4) is 0 Å². The maximum Gasteiger partial charge on any atom is 0.303 e. The van der Waals surface area contributed by atoms with Crippen LogP contribution >= 0.6 is 0 Å². The molecule has 0 unspecified atom stereocenters. The number of hydrogen-bond acceptors (Lipinski definition) is 3. The average Bonchev–Trinajstić information content (AvgIpc) is 2.77. The summed E-state index contributed by atoms with van der Waals surface area (Å²) in [4.78, 5) is 13.3. The molecule has 1 aliphatic heterocycles. The highest BCUT2D eigenvalue weighted by molar-refractivity contribution is 5.73. The molecule has 4 rings (SSSR count). The minimum atomic E-state index is -0.755. The molecule has 1 aliphatic rings. The molecule has 166 valence electrons. The normalized spacial score (nSPS) is 13.0. The van der Waals surface area contributed by atoms with Crippen LogP contribution < -0.4 is 10.2 Å². The van der Waals surface area contributed by atoms with Gasteiger partial charge in [-0.15, -0.1) is 0 Å². The van der Waals surface area contributed by atoms with Crippen LogP contribution in [0.3, 0.4) is 0 Å². The number of benzene rings is 3. The molecule has 0 saturated heterocycles. The quantitative estimate of drug-likeness (QED) is 0.462. The van der Waals surface area contributed by atoms with Crippen LogP contribution in [0.5, 0.6) is 0 Å². The maximum atomic E-state index is 10.9. The van der Waals surface area contributed by atoms with E-state index in [1.54, 1.807) is 0 Å². The molecule has 0 atom stereocenters. The summed E-state index contributed by atoms with van der Waals surface area (Å²) in [6.45, 7) is 8.24. The van der Waals surface area contributed by atoms with E-state index in [4.69, 9.17) is 5.11 Å². The molecule has 4 heteroatoms. The fourth-order valence-corrected chi connectivity index (χ4v) is 4.69. The Balaban J connectivity index is 1.54. The third-order valence-corrected chi connectivity index (χ3v) is 6.47. The molecule has 3 aromatic carbocycles. The number of carboxylic acids is 1. The number of anilines is 3. The molecular formula is C28H32N2O2. The standard InChI is InChI=1S/C28H32N2O2/c1-19-6-4-8-26(16-19)30-15-5-7-23-9-10-24(21(3)28(23)30)18-29-25-13-11-22(20(2)17-25)12-14-27(31)32/h4,6,8-11,13,16-17,29H,5,7,12,14-15,18H2,1-3H3,(H,31,32). The van der Waals surface area contributed by atoms with Gasteiger partial charge in [-0.3, -0.25) is 4.79 Å². The third kappa shape index (κ3) is 4.80. The van der Waals surface area contributed by atoms with Crippen LogP contribution in [0.4, 0.5) is 17.1 Å². The highest BCUT2D eigenvalue weighted by Crippen LogP contribution is 2.38. The first-order valence-corrected chi connectivity index (χ1v) is 11.4. The average molecular weight is 429 g/mol. The molecule has 0 saturated carbocycles. The first-order valence-electron chi connectivity index (χ1n) is 11.4. The fraction of sp³-hybridized carbons (Fsp3) is 0.321. The Labute approximate surface area is 190 Å². The van der Waals surface area contributed by atoms with Crippen molar-refractivity contribution in [2.24, 2.45) is 0 Å². The Kier molecular flexibility index (Phi) is 6.50. The fourth-order valence-electron chi connectivity index (χ4n) is 4.69. The van der Waals surface area contributed by atoms with Crippen molar-refractivity contribution in [1.29, 1.82) is 0 Å². The second kappa shape index (κ2) is 9.47. The first kappa shape index (κ1) is 21.9. The molecule has 0 radical (unpaired) electrons. The van der Waals surface area contributed by atoms with E-state index in [9.17, 15) is 4.79 Å². The van der Waals surface area contributed by atoms with Crippen molar-refractivity contribution in [2.75, 3.05) is 16.8 Å². The van der Waals surface area contributed by atoms with Gasteiger partial charge in [0.25, 0.3) is 0 Å². The van der Waals surface area contributed by atoms with Gasteiger partial charge in [0, 0.05) is 36.6 Å². The summed E-state index contributed by atoms with van der Waals surface area (Å²) >= 11 is 0. The second-order valence-corrected chi connectivity index (χ2v) is 8.84. The third-order valence-electron chi connectivity index (χ3n) is 6.47. The van der Waals surface area contributed by atoms with Crippen LogP contribution in [-0.2, 0) is 24.2 Å². The number of aryl methyl sites for hydroxylation is 4. The number of nitrogens with zero attached hydrogens (tertiary/aromatic N) is 1. The number of rotatable bonds is 7. The second-order valence-electron chi connectivity index (χ2n) is 8.84. The monoisotopic (exact) mass is 428 g/mol. The van der Waals surface area contributed by atoms with Gasteiger partial charge < -0.3 is 15.3 Å². The van der Waals surface area contributed by atoms with Crippen LogP contribution in [0.25, 0.3) is 0 Å². The number of hydrogen-bond donors (Lipinski definition) is 2. The first-order chi connectivity index (χ1) is 15.4. The lowest BCUT2D eigenvalue weighted by atomic mass is 9.94. The van der Waals surface area contributed by atoms with E-state index in [1.165, 1.54) is 40.0 Å². The molecule has 0 amide bonds. The summed E-state index contributed by atoms with van der Waals surface area (Å²) in [5.74, 6) is -0.755. The van der Waals surface area contributed by atoms with Crippen molar-refractivity contribution in [3.63, 3.8) is 0 Å². The highest BCUT2D eigenvalue weighted by atomic mass is 16.4. The van der Waals surface area contributed by atoms with Crippen molar-refractivity contribution >= 4 is 23.0 Å². The zero-order valence-electron chi connectivity index (χ0n) is 19.2. The van der Waals surface area contributed by atoms with Gasteiger partial charge in [0.15, 0.2) is 0 Å². The summed E-state index contributed by atoms with van der Waals surface area (Å²) in [6.07, 6.45) is 3.04. The van der Waals surface area contributed by atoms with Gasteiger partial charge in [0.1, 0.15) is 0 Å². The molecule has 32 heavy (non-hydrogen) atoms. The number of fused-ring (bicyclic) bond motifs is 1. The van der Waals surface area contributed by atoms with E-state index in [1.807, 2.05) is 13.0 Å². The largest absolute Gasteiger partial charge is 0.481 e. The van der Waals surface area contributed by atoms with Gasteiger partial charge in [0.05, 0.1) is 0 Å². The summed E-state index contributed by atoms with van der Waals surface area (Å²) in [5, 5.41) is 12.5. The van der Waals surface area contributed by atoms with E-state index in [-0.39, 0.29) is 6.42 Å². The zero-order valence-corrected chi connectivity index (χ0v) is 19.2. The van der Waals surface area contributed by atoms with Gasteiger partial charge in [0.2, 0.25) is 0 Å². The Hall–Kier alpha value is -3.27. The zero-order chi connectivity index (χ0) is 22.7. The Morgan fingerprint density at radius 3 is 2.59 bits per heavy atom. The van der Waals surface area contributed by atoms with Crippen molar-refractivity contribution < 1.29 is 9.90 Å². The van der Waals surface area contributed by atoms with Crippen molar-refractivity contribution in [2.45, 2.75) is 53.0 Å². The van der Waals surface area contributed by atoms with Crippen LogP contribution in [0, 0.1) is 20.8 Å². The minimum absolute atomic E-state index is 0.166. The van der Waals surface area contributed by atoms with Gasteiger partial charge in [-0.25, -0.2) is 0 Å². The van der Waals surface area contributed by atoms with Crippen molar-refractivity contribution in [1.82, 2.24) is 0 Å². The molecule has 2 N–H and O–H groups in total. The molecule has 1 heterocycles. The molecule has 0 aromatic heterocycles. The maximum absolute atomic E-state index is 10.9. The molecule has 0 fully saturated rings. The smallest absolute Gasteiger partial charge is 0.303 e. The van der Waals surface area contributed by atoms with Crippen LogP contribution in [0.1, 0.15) is 46.2 Å². The number of nitrogens with one attached hydrogen (secondary N) is 1. The van der Waals surface area contributed by atoms with E-state index in [0.29, 0.717) is 6.42 Å². The van der Waals surface area contributed by atoms with Crippen molar-refractivity contribution in [3.05, 3.63) is 88.0 Å². The Morgan fingerprint density at radius 1 is 1.03 bits per heavy atom. The number of aliphatic carboxylic acids is 1. The molecule has 4 nitrogen and oxygen atoms in total.